The molecule has 0 radical (unpaired) electrons. The minimum absolute atomic E-state index is 0.284. The fourth-order valence-electron chi connectivity index (χ4n) is 2.90. The Morgan fingerprint density at radius 1 is 1.32 bits per heavy atom. The van der Waals surface area contributed by atoms with E-state index in [0.29, 0.717) is 6.42 Å². The van der Waals surface area contributed by atoms with Gasteiger partial charge in [0.25, 0.3) is 0 Å². The van der Waals surface area contributed by atoms with Crippen molar-refractivity contribution >= 4 is 5.78 Å². The fourth-order valence-corrected chi connectivity index (χ4v) is 2.90. The predicted molar refractivity (Wildman–Crippen MR) is 77.8 cm³/mol. The normalized spacial score (nSPS) is 16.8. The van der Waals surface area contributed by atoms with Crippen LogP contribution < -0.4 is 5.32 Å². The smallest absolute Gasteiger partial charge is 0.165 e. The van der Waals surface area contributed by atoms with Crippen LogP contribution in [0.15, 0.2) is 6.07 Å². The van der Waals surface area contributed by atoms with Gasteiger partial charge in [-0.15, -0.1) is 0 Å². The van der Waals surface area contributed by atoms with Gasteiger partial charge < -0.3 is 14.8 Å². The average molecular weight is 263 g/mol. The number of carbonyl (C=O) groups excluding carboxylic acids is 1. The van der Waals surface area contributed by atoms with E-state index >= 15 is 0 Å². The molecule has 4 heteroatoms. The summed E-state index contributed by atoms with van der Waals surface area (Å²) < 4.78 is 2.21. The lowest BCUT2D eigenvalue weighted by atomic mass is 10.1. The van der Waals surface area contributed by atoms with Crippen LogP contribution in [0.4, 0.5) is 0 Å². The zero-order chi connectivity index (χ0) is 13.8. The first-order chi connectivity index (χ1) is 9.13. The highest BCUT2D eigenvalue weighted by molar-refractivity contribution is 5.97. The Morgan fingerprint density at radius 2 is 2.00 bits per heavy atom. The number of hydrogen-bond donors (Lipinski definition) is 1. The third-order valence-electron chi connectivity index (χ3n) is 4.05. The van der Waals surface area contributed by atoms with E-state index in [1.807, 2.05) is 6.07 Å². The molecule has 1 aromatic rings. The topological polar surface area (TPSA) is 37.3 Å². The van der Waals surface area contributed by atoms with Crippen LogP contribution in [0.2, 0.25) is 0 Å². The van der Waals surface area contributed by atoms with E-state index in [0.717, 1.165) is 50.5 Å². The minimum atomic E-state index is 0.284. The van der Waals surface area contributed by atoms with Gasteiger partial charge in [-0.2, -0.15) is 0 Å². The first-order valence-electron chi connectivity index (χ1n) is 7.26. The number of hydrogen-bond acceptors (Lipinski definition) is 3. The largest absolute Gasteiger partial charge is 0.349 e. The van der Waals surface area contributed by atoms with Crippen molar-refractivity contribution in [1.82, 2.24) is 14.8 Å². The van der Waals surface area contributed by atoms with Gasteiger partial charge in [-0.3, -0.25) is 4.79 Å². The van der Waals surface area contributed by atoms with Gasteiger partial charge in [0.05, 0.1) is 0 Å². The summed E-state index contributed by atoms with van der Waals surface area (Å²) in [6.07, 6.45) is 0.633. The number of nitrogens with one attached hydrogen (secondary N) is 1. The molecule has 1 fully saturated rings. The van der Waals surface area contributed by atoms with Gasteiger partial charge in [0.15, 0.2) is 5.78 Å². The molecule has 1 aromatic heterocycles. The molecule has 4 nitrogen and oxygen atoms in total. The molecule has 0 spiro atoms. The average Bonchev–Trinajstić information content (AvgIpc) is 2.72. The number of nitrogens with zero attached hydrogens (tertiary/aromatic N) is 2. The van der Waals surface area contributed by atoms with Crippen LogP contribution in [0, 0.1) is 13.8 Å². The van der Waals surface area contributed by atoms with Gasteiger partial charge in [-0.25, -0.2) is 0 Å². The van der Waals surface area contributed by atoms with Crippen LogP contribution >= 0.6 is 0 Å². The molecule has 0 saturated carbocycles. The number of Topliss-reactive ketones (excluding diaryl/α,β-unsaturated/α-hetero) is 1. The van der Waals surface area contributed by atoms with Gasteiger partial charge in [0, 0.05) is 62.6 Å². The van der Waals surface area contributed by atoms with E-state index in [9.17, 15) is 4.79 Å². The molecule has 1 N–H and O–H groups in total. The van der Waals surface area contributed by atoms with E-state index in [2.05, 4.69) is 35.6 Å². The van der Waals surface area contributed by atoms with Crippen LogP contribution in [-0.4, -0.2) is 48.0 Å². The third-order valence-corrected chi connectivity index (χ3v) is 4.05. The Balaban J connectivity index is 1.96. The second-order valence-electron chi connectivity index (χ2n) is 5.29. The molecule has 1 saturated heterocycles. The van der Waals surface area contributed by atoms with E-state index in [4.69, 9.17) is 0 Å². The molecule has 19 heavy (non-hydrogen) atoms. The molecular formula is C15H25N3O. The highest BCUT2D eigenvalue weighted by atomic mass is 16.1. The standard InChI is InChI=1S/C15H25N3O/c1-4-18-12(2)11-14(13(18)3)15(19)5-8-17-9-6-16-7-10-17/h11,16H,4-10H2,1-3H3. The number of rotatable bonds is 5. The number of ketones is 1. The SMILES string of the molecule is CCn1c(C)cc(C(=O)CCN2CCNCC2)c1C. The Kier molecular flexibility index (Phi) is 4.77. The van der Waals surface area contributed by atoms with Crippen molar-refractivity contribution < 1.29 is 4.79 Å². The maximum absolute atomic E-state index is 12.3. The molecule has 0 aliphatic carbocycles. The number of piperazine rings is 1. The zero-order valence-corrected chi connectivity index (χ0v) is 12.3. The van der Waals surface area contributed by atoms with Crippen molar-refractivity contribution in [2.45, 2.75) is 33.7 Å². The summed E-state index contributed by atoms with van der Waals surface area (Å²) >= 11 is 0. The lowest BCUT2D eigenvalue weighted by Gasteiger charge is -2.26. The van der Waals surface area contributed by atoms with E-state index < -0.39 is 0 Å². The number of aromatic nitrogens is 1. The highest BCUT2D eigenvalue weighted by Crippen LogP contribution is 2.17. The Hall–Kier alpha value is -1.13. The molecule has 0 atom stereocenters. The molecule has 0 unspecified atom stereocenters. The number of carbonyl (C=O) groups is 1. The summed E-state index contributed by atoms with van der Waals surface area (Å²) in [5, 5.41) is 3.33. The van der Waals surface area contributed by atoms with E-state index in [1.54, 1.807) is 0 Å². The Morgan fingerprint density at radius 3 is 2.58 bits per heavy atom. The van der Waals surface area contributed by atoms with Crippen molar-refractivity contribution in [1.29, 1.82) is 0 Å². The van der Waals surface area contributed by atoms with Crippen molar-refractivity contribution in [3.8, 4) is 0 Å². The van der Waals surface area contributed by atoms with Gasteiger partial charge in [-0.1, -0.05) is 0 Å². The first-order valence-corrected chi connectivity index (χ1v) is 7.26. The van der Waals surface area contributed by atoms with Gasteiger partial charge in [-0.05, 0) is 26.8 Å². The maximum atomic E-state index is 12.3. The summed E-state index contributed by atoms with van der Waals surface area (Å²) in [5.74, 6) is 0.284. The van der Waals surface area contributed by atoms with Crippen LogP contribution in [0.5, 0.6) is 0 Å². The summed E-state index contributed by atoms with van der Waals surface area (Å²) in [6.45, 7) is 12.3. The minimum Gasteiger partial charge on any atom is -0.349 e. The molecular weight excluding hydrogens is 238 g/mol. The molecule has 2 rings (SSSR count). The monoisotopic (exact) mass is 263 g/mol. The summed E-state index contributed by atoms with van der Waals surface area (Å²) in [4.78, 5) is 14.7. The van der Waals surface area contributed by atoms with Crippen LogP contribution in [0.25, 0.3) is 0 Å². The van der Waals surface area contributed by atoms with Crippen LogP contribution in [0.3, 0.4) is 0 Å². The number of aryl methyl sites for hydroxylation is 1. The molecule has 0 amide bonds. The van der Waals surface area contributed by atoms with Gasteiger partial charge in [0.1, 0.15) is 0 Å². The molecule has 2 heterocycles. The molecule has 106 valence electrons. The first kappa shape index (κ1) is 14.3. The quantitative estimate of drug-likeness (QED) is 0.820. The van der Waals surface area contributed by atoms with Crippen molar-refractivity contribution in [3.63, 3.8) is 0 Å². The summed E-state index contributed by atoms with van der Waals surface area (Å²) in [5.41, 5.74) is 3.21. The predicted octanol–water partition coefficient (Wildman–Crippen LogP) is 1.60. The summed E-state index contributed by atoms with van der Waals surface area (Å²) in [6, 6.07) is 2.04. The molecule has 1 aliphatic rings. The third kappa shape index (κ3) is 3.25. The Bertz CT molecular complexity index is 444. The van der Waals surface area contributed by atoms with Gasteiger partial charge >= 0.3 is 0 Å². The molecule has 0 bridgehead atoms. The van der Waals surface area contributed by atoms with Crippen molar-refractivity contribution in [2.24, 2.45) is 0 Å². The second kappa shape index (κ2) is 6.35. The highest BCUT2D eigenvalue weighted by Gasteiger charge is 2.16. The van der Waals surface area contributed by atoms with E-state index in [1.165, 1.54) is 5.69 Å². The van der Waals surface area contributed by atoms with Crippen molar-refractivity contribution in [3.05, 3.63) is 23.0 Å². The molecule has 1 aliphatic heterocycles. The fraction of sp³-hybridized carbons (Fsp3) is 0.667. The van der Waals surface area contributed by atoms with Gasteiger partial charge in [0.2, 0.25) is 0 Å². The maximum Gasteiger partial charge on any atom is 0.165 e. The lowest BCUT2D eigenvalue weighted by Crippen LogP contribution is -2.44. The second-order valence-corrected chi connectivity index (χ2v) is 5.29. The van der Waals surface area contributed by atoms with Crippen LogP contribution in [-0.2, 0) is 6.54 Å². The Labute approximate surface area is 115 Å². The lowest BCUT2D eigenvalue weighted by molar-refractivity contribution is 0.0960. The van der Waals surface area contributed by atoms with Crippen molar-refractivity contribution in [2.75, 3.05) is 32.7 Å². The van der Waals surface area contributed by atoms with E-state index in [-0.39, 0.29) is 5.78 Å². The summed E-state index contributed by atoms with van der Waals surface area (Å²) in [7, 11) is 0. The zero-order valence-electron chi connectivity index (χ0n) is 12.3. The van der Waals surface area contributed by atoms with Crippen LogP contribution in [0.1, 0.15) is 35.1 Å². The molecule has 0 aromatic carbocycles.